The quantitative estimate of drug-likeness (QED) is 0.327. The van der Waals surface area contributed by atoms with Crippen LogP contribution in [-0.4, -0.2) is 30.9 Å². The molecule has 2 aromatic heterocycles. The van der Waals surface area contributed by atoms with Gasteiger partial charge >= 0.3 is 0 Å². The molecule has 5 nitrogen and oxygen atoms in total. The highest BCUT2D eigenvalue weighted by atomic mass is 35.5. The minimum Gasteiger partial charge on any atom is -0.345 e. The molecular formula is C20H21ClN4OS. The number of aryl methyl sites for hydroxylation is 1. The molecular weight excluding hydrogens is 380 g/mol. The third-order valence-corrected chi connectivity index (χ3v) is 5.73. The fourth-order valence-electron chi connectivity index (χ4n) is 2.99. The van der Waals surface area contributed by atoms with Crippen LogP contribution in [0.4, 0.5) is 0 Å². The molecule has 0 bridgehead atoms. The van der Waals surface area contributed by atoms with Crippen molar-refractivity contribution >= 4 is 29.1 Å². The summed E-state index contributed by atoms with van der Waals surface area (Å²) in [5.41, 5.74) is 3.71. The van der Waals surface area contributed by atoms with Gasteiger partial charge in [0.2, 0.25) is 0 Å². The first-order valence-corrected chi connectivity index (χ1v) is 9.87. The molecule has 0 aliphatic carbocycles. The number of carbonyl (C=O) groups excluding carboxylic acids is 1. The zero-order valence-electron chi connectivity index (χ0n) is 15.6. The van der Waals surface area contributed by atoms with E-state index in [-0.39, 0.29) is 5.78 Å². The second-order valence-electron chi connectivity index (χ2n) is 6.27. The Morgan fingerprint density at radius 2 is 1.96 bits per heavy atom. The van der Waals surface area contributed by atoms with E-state index >= 15 is 0 Å². The van der Waals surface area contributed by atoms with Crippen LogP contribution in [0, 0.1) is 13.8 Å². The van der Waals surface area contributed by atoms with Crippen molar-refractivity contribution in [3.8, 4) is 11.4 Å². The molecule has 27 heavy (non-hydrogen) atoms. The van der Waals surface area contributed by atoms with Crippen molar-refractivity contribution in [2.75, 3.05) is 5.75 Å². The van der Waals surface area contributed by atoms with Gasteiger partial charge in [-0.1, -0.05) is 29.4 Å². The van der Waals surface area contributed by atoms with Crippen molar-refractivity contribution in [2.45, 2.75) is 25.5 Å². The summed E-state index contributed by atoms with van der Waals surface area (Å²) in [4.78, 5) is 12.7. The van der Waals surface area contributed by atoms with Gasteiger partial charge in [0.1, 0.15) is 0 Å². The lowest BCUT2D eigenvalue weighted by Crippen LogP contribution is -2.07. The van der Waals surface area contributed by atoms with Crippen LogP contribution in [0.2, 0.25) is 5.02 Å². The lowest BCUT2D eigenvalue weighted by molar-refractivity contribution is 0.102. The van der Waals surface area contributed by atoms with Crippen molar-refractivity contribution in [3.63, 3.8) is 0 Å². The number of rotatable bonds is 7. The van der Waals surface area contributed by atoms with Gasteiger partial charge in [-0.15, -0.1) is 16.8 Å². The largest absolute Gasteiger partial charge is 0.345 e. The zero-order valence-corrected chi connectivity index (χ0v) is 17.1. The van der Waals surface area contributed by atoms with Crippen LogP contribution in [-0.2, 0) is 13.6 Å². The number of allylic oxidation sites excluding steroid dienone is 1. The normalized spacial score (nSPS) is 11.0. The van der Waals surface area contributed by atoms with Gasteiger partial charge in [0.25, 0.3) is 0 Å². The standard InChI is InChI=1S/C20H21ClN4OS/c1-5-10-25-13(2)11-17(14(25)3)18(26)12-27-20-23-22-19(24(20)4)15-6-8-16(21)9-7-15/h5-9,11H,1,10,12H2,2-4H3. The second kappa shape index (κ2) is 8.15. The number of halogens is 1. The molecule has 3 aromatic rings. The molecule has 0 amide bonds. The fraction of sp³-hybridized carbons (Fsp3) is 0.250. The number of carbonyl (C=O) groups is 1. The summed E-state index contributed by atoms with van der Waals surface area (Å²) in [7, 11) is 1.90. The minimum absolute atomic E-state index is 0.0828. The van der Waals surface area contributed by atoms with E-state index < -0.39 is 0 Å². The summed E-state index contributed by atoms with van der Waals surface area (Å²) >= 11 is 7.33. The third-order valence-electron chi connectivity index (χ3n) is 4.46. The van der Waals surface area contributed by atoms with Gasteiger partial charge in [0.15, 0.2) is 16.8 Å². The monoisotopic (exact) mass is 400 g/mol. The van der Waals surface area contributed by atoms with Gasteiger partial charge in [0, 0.05) is 41.1 Å². The highest BCUT2D eigenvalue weighted by Gasteiger charge is 2.17. The molecule has 0 fully saturated rings. The lowest BCUT2D eigenvalue weighted by atomic mass is 10.2. The highest BCUT2D eigenvalue weighted by Crippen LogP contribution is 2.25. The average Bonchev–Trinajstić information content (AvgIpc) is 3.15. The van der Waals surface area contributed by atoms with E-state index in [0.29, 0.717) is 22.5 Å². The second-order valence-corrected chi connectivity index (χ2v) is 7.65. The number of hydrogen-bond donors (Lipinski definition) is 0. The molecule has 1 aromatic carbocycles. The maximum Gasteiger partial charge on any atom is 0.191 e. The Morgan fingerprint density at radius 1 is 1.26 bits per heavy atom. The first-order chi connectivity index (χ1) is 12.9. The van der Waals surface area contributed by atoms with Gasteiger partial charge in [-0.3, -0.25) is 4.79 Å². The maximum atomic E-state index is 12.7. The number of nitrogens with zero attached hydrogens (tertiary/aromatic N) is 4. The number of ketones is 1. The molecule has 0 aliphatic heterocycles. The first-order valence-electron chi connectivity index (χ1n) is 8.51. The molecule has 0 aliphatic rings. The van der Waals surface area contributed by atoms with E-state index in [4.69, 9.17) is 11.6 Å². The summed E-state index contributed by atoms with van der Waals surface area (Å²) in [6.45, 7) is 8.44. The molecule has 0 spiro atoms. The lowest BCUT2D eigenvalue weighted by Gasteiger charge is -2.06. The Balaban J connectivity index is 1.74. The van der Waals surface area contributed by atoms with Gasteiger partial charge in [-0.2, -0.15) is 0 Å². The average molecular weight is 401 g/mol. The molecule has 0 unspecified atom stereocenters. The molecule has 0 atom stereocenters. The Hall–Kier alpha value is -2.31. The molecule has 3 rings (SSSR count). The third kappa shape index (κ3) is 4.01. The van der Waals surface area contributed by atoms with E-state index in [9.17, 15) is 4.79 Å². The number of benzene rings is 1. The van der Waals surface area contributed by atoms with Gasteiger partial charge in [-0.05, 0) is 44.2 Å². The van der Waals surface area contributed by atoms with Crippen LogP contribution >= 0.6 is 23.4 Å². The molecule has 7 heteroatoms. The molecule has 2 heterocycles. The molecule has 0 saturated carbocycles. The van der Waals surface area contributed by atoms with Crippen molar-refractivity contribution in [2.24, 2.45) is 7.05 Å². The Labute approximate surface area is 168 Å². The predicted octanol–water partition coefficient (Wildman–Crippen LogP) is 4.71. The smallest absolute Gasteiger partial charge is 0.191 e. The maximum absolute atomic E-state index is 12.7. The highest BCUT2D eigenvalue weighted by molar-refractivity contribution is 7.99. The van der Waals surface area contributed by atoms with Crippen molar-refractivity contribution in [3.05, 3.63) is 65.0 Å². The minimum atomic E-state index is 0.0828. The predicted molar refractivity (Wildman–Crippen MR) is 111 cm³/mol. The molecule has 0 saturated heterocycles. The van der Waals surface area contributed by atoms with E-state index in [1.54, 1.807) is 0 Å². The number of hydrogen-bond acceptors (Lipinski definition) is 4. The van der Waals surface area contributed by atoms with Crippen molar-refractivity contribution < 1.29 is 4.79 Å². The number of thioether (sulfide) groups is 1. The van der Waals surface area contributed by atoms with E-state index in [1.807, 2.05) is 61.9 Å². The van der Waals surface area contributed by atoms with Crippen LogP contribution in [0.25, 0.3) is 11.4 Å². The summed E-state index contributed by atoms with van der Waals surface area (Å²) in [6, 6.07) is 9.39. The summed E-state index contributed by atoms with van der Waals surface area (Å²) in [6.07, 6.45) is 1.83. The fourth-order valence-corrected chi connectivity index (χ4v) is 3.91. The summed E-state index contributed by atoms with van der Waals surface area (Å²) in [5.74, 6) is 1.13. The SMILES string of the molecule is C=CCn1c(C)cc(C(=O)CSc2nnc(-c3ccc(Cl)cc3)n2C)c1C. The zero-order chi connectivity index (χ0) is 19.6. The van der Waals surface area contributed by atoms with Crippen LogP contribution in [0.3, 0.4) is 0 Å². The molecule has 0 N–H and O–H groups in total. The van der Waals surface area contributed by atoms with Crippen molar-refractivity contribution in [1.29, 1.82) is 0 Å². The van der Waals surface area contributed by atoms with Gasteiger partial charge in [-0.25, -0.2) is 0 Å². The van der Waals surface area contributed by atoms with Crippen LogP contribution in [0.15, 0.2) is 48.1 Å². The van der Waals surface area contributed by atoms with E-state index in [0.717, 1.165) is 28.3 Å². The summed E-state index contributed by atoms with van der Waals surface area (Å²) in [5, 5.41) is 9.85. The van der Waals surface area contributed by atoms with E-state index in [2.05, 4.69) is 21.3 Å². The topological polar surface area (TPSA) is 52.7 Å². The Kier molecular flexibility index (Phi) is 5.87. The van der Waals surface area contributed by atoms with Crippen molar-refractivity contribution in [1.82, 2.24) is 19.3 Å². The van der Waals surface area contributed by atoms with Gasteiger partial charge < -0.3 is 9.13 Å². The van der Waals surface area contributed by atoms with E-state index in [1.165, 1.54) is 11.8 Å². The molecule has 140 valence electrons. The van der Waals surface area contributed by atoms with Crippen LogP contribution < -0.4 is 0 Å². The Bertz CT molecular complexity index is 988. The van der Waals surface area contributed by atoms with Gasteiger partial charge in [0.05, 0.1) is 5.75 Å². The van der Waals surface area contributed by atoms with Crippen LogP contribution in [0.5, 0.6) is 0 Å². The number of Topliss-reactive ketones (excluding diaryl/α,β-unsaturated/α-hetero) is 1. The molecule has 0 radical (unpaired) electrons. The first kappa shape index (κ1) is 19.5. The van der Waals surface area contributed by atoms with Crippen LogP contribution in [0.1, 0.15) is 21.7 Å². The Morgan fingerprint density at radius 3 is 2.63 bits per heavy atom. The summed E-state index contributed by atoms with van der Waals surface area (Å²) < 4.78 is 3.98. The number of aromatic nitrogens is 4.